The number of fused-ring (bicyclic) bond motifs is 3. The second kappa shape index (κ2) is 7.71. The number of nitrogens with zero attached hydrogens (tertiary/aromatic N) is 2. The van der Waals surface area contributed by atoms with Crippen LogP contribution in [0.25, 0.3) is 16.6 Å². The summed E-state index contributed by atoms with van der Waals surface area (Å²) >= 11 is 6.25. The first-order valence-electron chi connectivity index (χ1n) is 11.1. The van der Waals surface area contributed by atoms with Crippen LogP contribution < -0.4 is 0 Å². The van der Waals surface area contributed by atoms with E-state index in [-0.39, 0.29) is 17.7 Å². The highest BCUT2D eigenvalue weighted by Crippen LogP contribution is 2.44. The SMILES string of the molecule is O=C1OC2(CCN(C(=O)c3cn(-c4cccc(F)c4)c4cc(Cl)ccc34)CC2)c2ccccc21. The number of rotatable bonds is 2. The molecule has 0 unspecified atom stereocenters. The average Bonchev–Trinajstić information content (AvgIpc) is 3.35. The van der Waals surface area contributed by atoms with Gasteiger partial charge in [0.15, 0.2) is 0 Å². The molecule has 1 saturated heterocycles. The summed E-state index contributed by atoms with van der Waals surface area (Å²) in [6, 6.07) is 19.0. The van der Waals surface area contributed by atoms with Gasteiger partial charge in [0.1, 0.15) is 11.4 Å². The molecule has 6 rings (SSSR count). The molecule has 0 atom stereocenters. The number of halogens is 2. The third kappa shape index (κ3) is 3.21. The lowest BCUT2D eigenvalue weighted by Gasteiger charge is -2.38. The molecule has 1 fully saturated rings. The van der Waals surface area contributed by atoms with Crippen molar-refractivity contribution < 1.29 is 18.7 Å². The summed E-state index contributed by atoms with van der Waals surface area (Å²) in [6.45, 7) is 0.918. The number of ether oxygens (including phenoxy) is 1. The predicted molar refractivity (Wildman–Crippen MR) is 127 cm³/mol. The molecule has 3 aromatic carbocycles. The summed E-state index contributed by atoms with van der Waals surface area (Å²) in [5.74, 6) is -0.776. The van der Waals surface area contributed by atoms with Crippen LogP contribution in [0.1, 0.15) is 39.1 Å². The lowest BCUT2D eigenvalue weighted by atomic mass is 9.83. The normalized spacial score (nSPS) is 16.6. The van der Waals surface area contributed by atoms with Gasteiger partial charge in [0.2, 0.25) is 0 Å². The van der Waals surface area contributed by atoms with Gasteiger partial charge in [0.05, 0.1) is 16.6 Å². The van der Waals surface area contributed by atoms with Crippen molar-refractivity contribution in [2.75, 3.05) is 13.1 Å². The summed E-state index contributed by atoms with van der Waals surface area (Å²) in [5.41, 5.74) is 2.71. The van der Waals surface area contributed by atoms with Gasteiger partial charge in [-0.05, 0) is 36.4 Å². The Hall–Kier alpha value is -3.64. The van der Waals surface area contributed by atoms with E-state index in [9.17, 15) is 14.0 Å². The first-order chi connectivity index (χ1) is 16.4. The third-order valence-corrected chi connectivity index (χ3v) is 7.10. The fourth-order valence-corrected chi connectivity index (χ4v) is 5.33. The van der Waals surface area contributed by atoms with Gasteiger partial charge in [-0.2, -0.15) is 0 Å². The third-order valence-electron chi connectivity index (χ3n) is 6.87. The summed E-state index contributed by atoms with van der Waals surface area (Å²) in [4.78, 5) is 27.8. The van der Waals surface area contributed by atoms with E-state index in [1.54, 1.807) is 46.0 Å². The van der Waals surface area contributed by atoms with E-state index in [0.29, 0.717) is 47.8 Å². The van der Waals surface area contributed by atoms with Crippen LogP contribution in [0.5, 0.6) is 0 Å². The zero-order valence-corrected chi connectivity index (χ0v) is 18.9. The topological polar surface area (TPSA) is 51.5 Å². The lowest BCUT2D eigenvalue weighted by molar-refractivity contribution is -0.0389. The molecule has 3 heterocycles. The first-order valence-corrected chi connectivity index (χ1v) is 11.5. The number of benzene rings is 3. The van der Waals surface area contributed by atoms with Gasteiger partial charge in [0, 0.05) is 53.8 Å². The van der Waals surface area contributed by atoms with Crippen molar-refractivity contribution in [3.63, 3.8) is 0 Å². The number of hydrogen-bond donors (Lipinski definition) is 0. The molecule has 2 aliphatic rings. The Morgan fingerprint density at radius 2 is 1.79 bits per heavy atom. The number of aromatic nitrogens is 1. The number of esters is 1. The fraction of sp³-hybridized carbons (Fsp3) is 0.185. The minimum Gasteiger partial charge on any atom is -0.450 e. The maximum absolute atomic E-state index is 13.9. The molecule has 0 bridgehead atoms. The minimum absolute atomic E-state index is 0.116. The van der Waals surface area contributed by atoms with Gasteiger partial charge in [0.25, 0.3) is 5.91 Å². The van der Waals surface area contributed by atoms with Crippen molar-refractivity contribution in [1.82, 2.24) is 9.47 Å². The molecule has 1 spiro atoms. The fourth-order valence-electron chi connectivity index (χ4n) is 5.17. The highest BCUT2D eigenvalue weighted by molar-refractivity contribution is 6.31. The van der Waals surface area contributed by atoms with Crippen LogP contribution in [0.2, 0.25) is 5.02 Å². The van der Waals surface area contributed by atoms with Crippen molar-refractivity contribution in [2.45, 2.75) is 18.4 Å². The second-order valence-electron chi connectivity index (χ2n) is 8.78. The van der Waals surface area contributed by atoms with E-state index in [4.69, 9.17) is 16.3 Å². The van der Waals surface area contributed by atoms with E-state index >= 15 is 0 Å². The minimum atomic E-state index is -0.673. The van der Waals surface area contributed by atoms with Crippen LogP contribution in [0.3, 0.4) is 0 Å². The monoisotopic (exact) mass is 474 g/mol. The number of likely N-dealkylation sites (tertiary alicyclic amines) is 1. The van der Waals surface area contributed by atoms with Crippen molar-refractivity contribution >= 4 is 34.4 Å². The molecule has 1 amide bonds. The Bertz CT molecular complexity index is 1470. The molecule has 170 valence electrons. The average molecular weight is 475 g/mol. The highest BCUT2D eigenvalue weighted by atomic mass is 35.5. The van der Waals surface area contributed by atoms with Gasteiger partial charge in [-0.15, -0.1) is 0 Å². The summed E-state index contributed by atoms with van der Waals surface area (Å²) in [5, 5.41) is 1.28. The molecule has 34 heavy (non-hydrogen) atoms. The molecule has 5 nitrogen and oxygen atoms in total. The Morgan fingerprint density at radius 3 is 2.59 bits per heavy atom. The van der Waals surface area contributed by atoms with Crippen LogP contribution in [0.4, 0.5) is 4.39 Å². The largest absolute Gasteiger partial charge is 0.450 e. The van der Waals surface area contributed by atoms with Crippen LogP contribution >= 0.6 is 11.6 Å². The van der Waals surface area contributed by atoms with Crippen LogP contribution in [-0.4, -0.2) is 34.4 Å². The maximum atomic E-state index is 13.9. The van der Waals surface area contributed by atoms with Crippen LogP contribution in [-0.2, 0) is 10.3 Å². The molecular weight excluding hydrogens is 455 g/mol. The van der Waals surface area contributed by atoms with E-state index in [2.05, 4.69) is 0 Å². The smallest absolute Gasteiger partial charge is 0.339 e. The molecule has 0 N–H and O–H groups in total. The Kier molecular flexibility index (Phi) is 4.74. The lowest BCUT2D eigenvalue weighted by Crippen LogP contribution is -2.45. The van der Waals surface area contributed by atoms with Crippen molar-refractivity contribution in [3.8, 4) is 5.69 Å². The van der Waals surface area contributed by atoms with Gasteiger partial charge in [-0.1, -0.05) is 41.9 Å². The second-order valence-corrected chi connectivity index (χ2v) is 9.21. The number of carbonyl (C=O) groups is 2. The number of carbonyl (C=O) groups excluding carboxylic acids is 2. The van der Waals surface area contributed by atoms with E-state index in [1.807, 2.05) is 24.3 Å². The number of hydrogen-bond acceptors (Lipinski definition) is 3. The van der Waals surface area contributed by atoms with Gasteiger partial charge < -0.3 is 14.2 Å². The Balaban J connectivity index is 1.33. The van der Waals surface area contributed by atoms with Gasteiger partial charge in [-0.3, -0.25) is 4.79 Å². The molecule has 4 aromatic rings. The number of piperidine rings is 1. The van der Waals surface area contributed by atoms with Crippen molar-refractivity contribution in [1.29, 1.82) is 0 Å². The zero-order valence-electron chi connectivity index (χ0n) is 18.1. The van der Waals surface area contributed by atoms with Crippen LogP contribution in [0, 0.1) is 5.82 Å². The van der Waals surface area contributed by atoms with E-state index in [0.717, 1.165) is 16.5 Å². The molecule has 2 aliphatic heterocycles. The molecule has 7 heteroatoms. The Labute approximate surface area is 200 Å². The predicted octanol–water partition coefficient (Wildman–Crippen LogP) is 5.72. The summed E-state index contributed by atoms with van der Waals surface area (Å²) in [7, 11) is 0. The van der Waals surface area contributed by atoms with Crippen molar-refractivity contribution in [3.05, 3.63) is 100 Å². The number of amides is 1. The van der Waals surface area contributed by atoms with Gasteiger partial charge >= 0.3 is 5.97 Å². The Morgan fingerprint density at radius 1 is 1.00 bits per heavy atom. The van der Waals surface area contributed by atoms with Crippen molar-refractivity contribution in [2.24, 2.45) is 0 Å². The van der Waals surface area contributed by atoms with E-state index in [1.165, 1.54) is 12.1 Å². The first kappa shape index (κ1) is 20.9. The quantitative estimate of drug-likeness (QED) is 0.349. The van der Waals surface area contributed by atoms with Crippen LogP contribution in [0.15, 0.2) is 72.9 Å². The highest BCUT2D eigenvalue weighted by Gasteiger charge is 2.47. The molecule has 1 aromatic heterocycles. The molecule has 0 saturated carbocycles. The summed E-state index contributed by atoms with van der Waals surface area (Å²) in [6.07, 6.45) is 2.82. The summed E-state index contributed by atoms with van der Waals surface area (Å²) < 4.78 is 21.5. The maximum Gasteiger partial charge on any atom is 0.339 e. The van der Waals surface area contributed by atoms with Gasteiger partial charge in [-0.25, -0.2) is 9.18 Å². The van der Waals surface area contributed by atoms with E-state index < -0.39 is 5.60 Å². The molecule has 0 aliphatic carbocycles. The standard InChI is InChI=1S/C27H20ClFN2O3/c28-17-8-9-20-22(16-31(24(20)14-17)19-5-3-4-18(29)15-19)25(32)30-12-10-27(11-13-30)23-7-2-1-6-21(23)26(33)34-27/h1-9,14-16H,10-13H2. The molecule has 0 radical (unpaired) electrons. The molecular formula is C27H20ClFN2O3. The zero-order chi connectivity index (χ0) is 23.4.